The molecule has 0 atom stereocenters. The van der Waals surface area contributed by atoms with E-state index in [2.05, 4.69) is 31.9 Å². The summed E-state index contributed by atoms with van der Waals surface area (Å²) in [5.41, 5.74) is 7.31. The van der Waals surface area contributed by atoms with Gasteiger partial charge in [-0.05, 0) is 43.7 Å². The number of rotatable bonds is 4. The monoisotopic (exact) mass is 376 g/mol. The van der Waals surface area contributed by atoms with E-state index in [1.807, 2.05) is 44.2 Å². The topological polar surface area (TPSA) is 76.0 Å². The lowest BCUT2D eigenvalue weighted by molar-refractivity contribution is -0.127. The van der Waals surface area contributed by atoms with Gasteiger partial charge < -0.3 is 0 Å². The maximum atomic E-state index is 11.8. The fraction of sp³-hybridized carbons (Fsp3) is 0.188. The minimum absolute atomic E-state index is 0.0520. The summed E-state index contributed by atoms with van der Waals surface area (Å²) in [6, 6.07) is 9.39. The highest BCUT2D eigenvalue weighted by Crippen LogP contribution is 2.11. The highest BCUT2D eigenvalue weighted by Gasteiger charge is 2.07. The van der Waals surface area contributed by atoms with Gasteiger partial charge in [-0.2, -0.15) is 5.10 Å². The first-order valence-corrected chi connectivity index (χ1v) is 7.77. The van der Waals surface area contributed by atoms with Crippen molar-refractivity contribution >= 4 is 33.8 Å². The standard InChI is InChI=1S/C16H17BrN4O2/c1-11-9-12(2)21(20-11)10-16(23)19-18-15(22)8-5-13-3-6-14(17)7-4-13/h3-9H,10H2,1-2H3,(H,18,22)(H,19,23)/b8-5+. The van der Waals surface area contributed by atoms with Crippen molar-refractivity contribution in [1.29, 1.82) is 0 Å². The van der Waals surface area contributed by atoms with Crippen LogP contribution in [0.4, 0.5) is 0 Å². The summed E-state index contributed by atoms with van der Waals surface area (Å²) in [5, 5.41) is 4.19. The molecule has 1 aromatic heterocycles. The quantitative estimate of drug-likeness (QED) is 0.633. The Kier molecular flexibility index (Phi) is 5.70. The molecule has 7 heteroatoms. The molecule has 0 saturated carbocycles. The Bertz CT molecular complexity index is 735. The molecule has 0 bridgehead atoms. The molecular weight excluding hydrogens is 360 g/mol. The minimum Gasteiger partial charge on any atom is -0.271 e. The van der Waals surface area contributed by atoms with E-state index in [9.17, 15) is 9.59 Å². The number of amides is 2. The van der Waals surface area contributed by atoms with E-state index in [4.69, 9.17) is 0 Å². The van der Waals surface area contributed by atoms with Gasteiger partial charge in [0.1, 0.15) is 6.54 Å². The van der Waals surface area contributed by atoms with Gasteiger partial charge >= 0.3 is 0 Å². The van der Waals surface area contributed by atoms with Crippen molar-refractivity contribution in [3.8, 4) is 0 Å². The number of carbonyl (C=O) groups is 2. The molecule has 0 aliphatic heterocycles. The third kappa shape index (κ3) is 5.37. The van der Waals surface area contributed by atoms with Crippen LogP contribution in [0.3, 0.4) is 0 Å². The molecule has 120 valence electrons. The smallest absolute Gasteiger partial charge is 0.262 e. The van der Waals surface area contributed by atoms with Crippen molar-refractivity contribution in [2.75, 3.05) is 0 Å². The number of benzene rings is 1. The first kappa shape index (κ1) is 17.0. The highest BCUT2D eigenvalue weighted by molar-refractivity contribution is 9.10. The van der Waals surface area contributed by atoms with Crippen LogP contribution < -0.4 is 10.9 Å². The Morgan fingerprint density at radius 2 is 1.91 bits per heavy atom. The Hall–Kier alpha value is -2.41. The number of nitrogens with one attached hydrogen (secondary N) is 2. The second-order valence-electron chi connectivity index (χ2n) is 5.01. The van der Waals surface area contributed by atoms with Gasteiger partial charge in [0.15, 0.2) is 0 Å². The van der Waals surface area contributed by atoms with E-state index in [1.165, 1.54) is 6.08 Å². The SMILES string of the molecule is Cc1cc(C)n(CC(=O)NNC(=O)/C=C/c2ccc(Br)cc2)n1. The summed E-state index contributed by atoms with van der Waals surface area (Å²) in [6.07, 6.45) is 3.02. The van der Waals surface area contributed by atoms with Crippen LogP contribution in [-0.4, -0.2) is 21.6 Å². The first-order chi connectivity index (χ1) is 10.9. The lowest BCUT2D eigenvalue weighted by atomic mass is 10.2. The highest BCUT2D eigenvalue weighted by atomic mass is 79.9. The van der Waals surface area contributed by atoms with Gasteiger partial charge in [-0.25, -0.2) is 0 Å². The van der Waals surface area contributed by atoms with Crippen LogP contribution in [0.25, 0.3) is 6.08 Å². The van der Waals surface area contributed by atoms with Crippen molar-refractivity contribution in [3.63, 3.8) is 0 Å². The third-order valence-electron chi connectivity index (χ3n) is 3.02. The van der Waals surface area contributed by atoms with E-state index in [1.54, 1.807) is 10.8 Å². The number of hydrogen-bond donors (Lipinski definition) is 2. The normalized spacial score (nSPS) is 10.7. The molecule has 0 spiro atoms. The minimum atomic E-state index is -0.408. The Morgan fingerprint density at radius 3 is 2.52 bits per heavy atom. The number of carbonyl (C=O) groups excluding carboxylic acids is 2. The number of aromatic nitrogens is 2. The molecule has 2 aromatic rings. The van der Waals surface area contributed by atoms with Gasteiger partial charge in [-0.15, -0.1) is 0 Å². The third-order valence-corrected chi connectivity index (χ3v) is 3.55. The van der Waals surface area contributed by atoms with Crippen LogP contribution >= 0.6 is 15.9 Å². The van der Waals surface area contributed by atoms with E-state index >= 15 is 0 Å². The molecule has 23 heavy (non-hydrogen) atoms. The largest absolute Gasteiger partial charge is 0.271 e. The molecular formula is C16H17BrN4O2. The predicted molar refractivity (Wildman–Crippen MR) is 91.2 cm³/mol. The van der Waals surface area contributed by atoms with E-state index in [0.29, 0.717) is 0 Å². The molecule has 2 rings (SSSR count). The van der Waals surface area contributed by atoms with Crippen LogP contribution in [0, 0.1) is 13.8 Å². The van der Waals surface area contributed by atoms with Crippen LogP contribution in [-0.2, 0) is 16.1 Å². The number of halogens is 1. The van der Waals surface area contributed by atoms with Crippen LogP contribution in [0.15, 0.2) is 40.9 Å². The average molecular weight is 377 g/mol. The summed E-state index contributed by atoms with van der Waals surface area (Å²) in [7, 11) is 0. The van der Waals surface area contributed by atoms with Gasteiger partial charge in [0.2, 0.25) is 0 Å². The zero-order chi connectivity index (χ0) is 16.8. The van der Waals surface area contributed by atoms with Gasteiger partial charge in [0, 0.05) is 16.2 Å². The molecule has 2 amide bonds. The molecule has 1 heterocycles. The Labute approximate surface area is 142 Å². The van der Waals surface area contributed by atoms with Crippen LogP contribution in [0.2, 0.25) is 0 Å². The summed E-state index contributed by atoms with van der Waals surface area (Å²) >= 11 is 3.34. The molecule has 0 aliphatic carbocycles. The Balaban J connectivity index is 1.80. The first-order valence-electron chi connectivity index (χ1n) is 6.97. The molecule has 0 radical (unpaired) electrons. The van der Waals surface area contributed by atoms with Crippen molar-refractivity contribution in [1.82, 2.24) is 20.6 Å². The predicted octanol–water partition coefficient (Wildman–Crippen LogP) is 2.12. The molecule has 1 aromatic carbocycles. The molecule has 0 aliphatic rings. The molecule has 2 N–H and O–H groups in total. The number of nitrogens with zero attached hydrogens (tertiary/aromatic N) is 2. The van der Waals surface area contributed by atoms with E-state index < -0.39 is 5.91 Å². The van der Waals surface area contributed by atoms with Crippen LogP contribution in [0.5, 0.6) is 0 Å². The molecule has 0 saturated heterocycles. The molecule has 0 fully saturated rings. The van der Waals surface area contributed by atoms with E-state index in [0.717, 1.165) is 21.4 Å². The van der Waals surface area contributed by atoms with Crippen LogP contribution in [0.1, 0.15) is 17.0 Å². The van der Waals surface area contributed by atoms with Gasteiger partial charge in [0.05, 0.1) is 5.69 Å². The van der Waals surface area contributed by atoms with Crippen molar-refractivity contribution in [3.05, 3.63) is 57.8 Å². The second kappa shape index (κ2) is 7.73. The summed E-state index contributed by atoms with van der Waals surface area (Å²) < 4.78 is 2.55. The zero-order valence-corrected chi connectivity index (χ0v) is 14.4. The van der Waals surface area contributed by atoms with Crippen molar-refractivity contribution in [2.45, 2.75) is 20.4 Å². The van der Waals surface area contributed by atoms with Crippen molar-refractivity contribution in [2.24, 2.45) is 0 Å². The summed E-state index contributed by atoms with van der Waals surface area (Å²) in [4.78, 5) is 23.4. The summed E-state index contributed by atoms with van der Waals surface area (Å²) in [5.74, 6) is -0.753. The summed E-state index contributed by atoms with van der Waals surface area (Å²) in [6.45, 7) is 3.78. The fourth-order valence-electron chi connectivity index (χ4n) is 1.93. The van der Waals surface area contributed by atoms with Gasteiger partial charge in [-0.3, -0.25) is 25.1 Å². The maximum absolute atomic E-state index is 11.8. The number of aryl methyl sites for hydroxylation is 2. The van der Waals surface area contributed by atoms with E-state index in [-0.39, 0.29) is 12.5 Å². The average Bonchev–Trinajstić information content (AvgIpc) is 2.82. The second-order valence-corrected chi connectivity index (χ2v) is 5.92. The fourth-order valence-corrected chi connectivity index (χ4v) is 2.19. The van der Waals surface area contributed by atoms with Gasteiger partial charge in [0.25, 0.3) is 11.8 Å². The van der Waals surface area contributed by atoms with Crippen molar-refractivity contribution < 1.29 is 9.59 Å². The number of hydrogen-bond acceptors (Lipinski definition) is 3. The Morgan fingerprint density at radius 1 is 1.22 bits per heavy atom. The maximum Gasteiger partial charge on any atom is 0.262 e. The molecule has 0 unspecified atom stereocenters. The molecule has 6 nitrogen and oxygen atoms in total. The van der Waals surface area contributed by atoms with Gasteiger partial charge in [-0.1, -0.05) is 28.1 Å². The lowest BCUT2D eigenvalue weighted by Crippen LogP contribution is -2.42. The number of hydrazine groups is 1. The lowest BCUT2D eigenvalue weighted by Gasteiger charge is -2.06. The zero-order valence-electron chi connectivity index (χ0n) is 12.8.